The highest BCUT2D eigenvalue weighted by Gasteiger charge is 2.45. The number of aliphatic hydroxyl groups excluding tert-OH is 1. The van der Waals surface area contributed by atoms with Crippen molar-refractivity contribution in [2.45, 2.75) is 32.1 Å². The molecule has 15 nitrogen and oxygen atoms in total. The van der Waals surface area contributed by atoms with Gasteiger partial charge in [-0.2, -0.15) is 0 Å². The zero-order valence-corrected chi connectivity index (χ0v) is 29.1. The number of hydrogen-bond acceptors (Lipinski definition) is 14. The van der Waals surface area contributed by atoms with E-state index in [1.165, 1.54) is 0 Å². The van der Waals surface area contributed by atoms with Crippen LogP contribution in [0.2, 0.25) is 0 Å². The van der Waals surface area contributed by atoms with Crippen LogP contribution < -0.4 is 10.3 Å². The highest BCUT2D eigenvalue weighted by Crippen LogP contribution is 2.38. The van der Waals surface area contributed by atoms with Gasteiger partial charge >= 0.3 is 5.97 Å². The molecule has 0 amide bonds. The second-order valence-electron chi connectivity index (χ2n) is 11.8. The van der Waals surface area contributed by atoms with Crippen molar-refractivity contribution in [3.63, 3.8) is 0 Å². The van der Waals surface area contributed by atoms with Crippen molar-refractivity contribution >= 4 is 16.9 Å². The van der Waals surface area contributed by atoms with Crippen molar-refractivity contribution in [2.75, 3.05) is 106 Å². The van der Waals surface area contributed by atoms with Crippen molar-refractivity contribution in [1.29, 1.82) is 0 Å². The van der Waals surface area contributed by atoms with E-state index in [4.69, 9.17) is 52.7 Å². The number of rotatable bonds is 25. The second-order valence-corrected chi connectivity index (χ2v) is 11.8. The van der Waals surface area contributed by atoms with Crippen molar-refractivity contribution < 1.29 is 57.6 Å². The molecule has 5 rings (SSSR count). The number of nitrogens with zero attached hydrogens (tertiary/aromatic N) is 2. The van der Waals surface area contributed by atoms with E-state index in [9.17, 15) is 14.7 Å². The van der Waals surface area contributed by atoms with Crippen LogP contribution >= 0.6 is 0 Å². The lowest BCUT2D eigenvalue weighted by molar-refractivity contribution is -0.172. The summed E-state index contributed by atoms with van der Waals surface area (Å²) >= 11 is 0. The molecule has 0 unspecified atom stereocenters. The largest absolute Gasteiger partial charge is 0.491 e. The van der Waals surface area contributed by atoms with Gasteiger partial charge < -0.3 is 57.4 Å². The fourth-order valence-electron chi connectivity index (χ4n) is 5.76. The van der Waals surface area contributed by atoms with Crippen LogP contribution in [0.25, 0.3) is 22.3 Å². The Bertz CT molecular complexity index is 1630. The van der Waals surface area contributed by atoms with Crippen LogP contribution in [0.5, 0.6) is 5.75 Å². The number of pyridine rings is 2. The number of aromatic nitrogens is 2. The number of benzene rings is 1. The molecule has 2 aromatic heterocycles. The molecule has 0 fully saturated rings. The number of ether oxygens (including phenoxy) is 9. The van der Waals surface area contributed by atoms with Gasteiger partial charge in [-0.3, -0.25) is 4.79 Å². The van der Waals surface area contributed by atoms with Crippen LogP contribution in [-0.4, -0.2) is 131 Å². The number of carbonyl (C=O) groups is 1. The summed E-state index contributed by atoms with van der Waals surface area (Å²) in [7, 11) is 0. The summed E-state index contributed by atoms with van der Waals surface area (Å²) < 4.78 is 50.6. The minimum absolute atomic E-state index is 0.0133. The van der Waals surface area contributed by atoms with E-state index >= 15 is 0 Å². The third-order valence-electron chi connectivity index (χ3n) is 8.44. The molecule has 0 saturated carbocycles. The number of aliphatic hydroxyl groups is 2. The lowest BCUT2D eigenvalue weighted by atomic mass is 9.86. The maximum atomic E-state index is 13.4. The minimum Gasteiger partial charge on any atom is -0.491 e. The first-order valence-electron chi connectivity index (χ1n) is 17.3. The Morgan fingerprint density at radius 1 is 0.765 bits per heavy atom. The Hall–Kier alpha value is -3.51. The SMILES string of the molecule is CC[C@@]1(O)C(=O)OCc2c1cc1n(c2=O)Cc2cc3cc(OCCOCCOCCOCCOCCOCCOCCOCCO)ccc3nc2-1. The van der Waals surface area contributed by atoms with E-state index in [1.807, 2.05) is 24.3 Å². The minimum atomic E-state index is -1.86. The van der Waals surface area contributed by atoms with Gasteiger partial charge in [0.05, 0.1) is 128 Å². The lowest BCUT2D eigenvalue weighted by Gasteiger charge is -2.31. The van der Waals surface area contributed by atoms with E-state index in [0.29, 0.717) is 134 Å². The molecule has 15 heteroatoms. The van der Waals surface area contributed by atoms with Gasteiger partial charge in [0.15, 0.2) is 5.60 Å². The van der Waals surface area contributed by atoms with Gasteiger partial charge in [0, 0.05) is 16.5 Å². The highest BCUT2D eigenvalue weighted by atomic mass is 16.6. The van der Waals surface area contributed by atoms with E-state index in [2.05, 4.69) is 0 Å². The van der Waals surface area contributed by atoms with Crippen LogP contribution in [0.1, 0.15) is 30.0 Å². The second kappa shape index (κ2) is 19.9. The van der Waals surface area contributed by atoms with E-state index in [-0.39, 0.29) is 25.2 Å². The summed E-state index contributed by atoms with van der Waals surface area (Å²) in [6.07, 6.45) is 0.0941. The molecule has 3 aromatic rings. The molecule has 0 spiro atoms. The zero-order chi connectivity index (χ0) is 35.9. The topological polar surface area (TPSA) is 175 Å². The molecule has 2 aliphatic heterocycles. The summed E-state index contributed by atoms with van der Waals surface area (Å²) in [5.74, 6) is -0.0681. The Balaban J connectivity index is 0.915. The van der Waals surface area contributed by atoms with Crippen LogP contribution in [0, 0.1) is 0 Å². The van der Waals surface area contributed by atoms with E-state index in [1.54, 1.807) is 17.6 Å². The van der Waals surface area contributed by atoms with Crippen LogP contribution in [0.3, 0.4) is 0 Å². The van der Waals surface area contributed by atoms with Gasteiger partial charge in [-0.05, 0) is 36.8 Å². The third-order valence-corrected chi connectivity index (χ3v) is 8.44. The number of esters is 1. The fraction of sp³-hybridized carbons (Fsp3) is 0.583. The van der Waals surface area contributed by atoms with Crippen molar-refractivity contribution in [3.05, 3.63) is 57.4 Å². The van der Waals surface area contributed by atoms with Crippen LogP contribution in [0.4, 0.5) is 0 Å². The van der Waals surface area contributed by atoms with Gasteiger partial charge in [-0.15, -0.1) is 0 Å². The summed E-state index contributed by atoms with van der Waals surface area (Å²) in [5.41, 5.74) is 1.28. The predicted octanol–water partition coefficient (Wildman–Crippen LogP) is 1.57. The van der Waals surface area contributed by atoms with Crippen LogP contribution in [-0.2, 0) is 61.4 Å². The monoisotopic (exact) mass is 716 g/mol. The Morgan fingerprint density at radius 3 is 1.86 bits per heavy atom. The summed E-state index contributed by atoms with van der Waals surface area (Å²) in [4.78, 5) is 30.6. The molecule has 0 aliphatic carbocycles. The molecule has 2 N–H and O–H groups in total. The number of carbonyl (C=O) groups excluding carboxylic acids is 1. The molecule has 0 saturated heterocycles. The lowest BCUT2D eigenvalue weighted by Crippen LogP contribution is -2.44. The van der Waals surface area contributed by atoms with Crippen molar-refractivity contribution in [1.82, 2.24) is 9.55 Å². The average molecular weight is 717 g/mol. The summed E-state index contributed by atoms with van der Waals surface area (Å²) in [6, 6.07) is 9.30. The molecule has 2 aliphatic rings. The molecular weight excluding hydrogens is 668 g/mol. The average Bonchev–Trinajstić information content (AvgIpc) is 3.50. The molecule has 1 atom stereocenters. The number of fused-ring (bicyclic) bond motifs is 5. The highest BCUT2D eigenvalue weighted by molar-refractivity contribution is 5.87. The Kier molecular flexibility index (Phi) is 15.1. The van der Waals surface area contributed by atoms with Crippen molar-refractivity contribution in [3.8, 4) is 17.1 Å². The van der Waals surface area contributed by atoms with Gasteiger partial charge in [0.2, 0.25) is 0 Å². The Labute approximate surface area is 296 Å². The van der Waals surface area contributed by atoms with Crippen LogP contribution in [0.15, 0.2) is 35.1 Å². The van der Waals surface area contributed by atoms with Gasteiger partial charge in [0.1, 0.15) is 19.0 Å². The third kappa shape index (κ3) is 10.3. The number of hydrogen-bond donors (Lipinski definition) is 2. The molecule has 1 aromatic carbocycles. The van der Waals surface area contributed by atoms with Gasteiger partial charge in [-0.1, -0.05) is 6.92 Å². The van der Waals surface area contributed by atoms with Gasteiger partial charge in [-0.25, -0.2) is 9.78 Å². The molecule has 4 heterocycles. The Morgan fingerprint density at radius 2 is 1.31 bits per heavy atom. The molecular formula is C36H48N2O13. The molecule has 51 heavy (non-hydrogen) atoms. The first-order valence-corrected chi connectivity index (χ1v) is 17.3. The maximum absolute atomic E-state index is 13.4. The van der Waals surface area contributed by atoms with E-state index in [0.717, 1.165) is 16.5 Å². The van der Waals surface area contributed by atoms with Crippen molar-refractivity contribution in [2.24, 2.45) is 0 Å². The predicted molar refractivity (Wildman–Crippen MR) is 183 cm³/mol. The summed E-state index contributed by atoms with van der Waals surface area (Å²) in [5, 5.41) is 20.5. The first kappa shape index (κ1) is 38.7. The molecule has 0 bridgehead atoms. The zero-order valence-electron chi connectivity index (χ0n) is 29.1. The molecule has 0 radical (unpaired) electrons. The normalized spacial score (nSPS) is 16.3. The maximum Gasteiger partial charge on any atom is 0.343 e. The van der Waals surface area contributed by atoms with Gasteiger partial charge in [0.25, 0.3) is 5.56 Å². The summed E-state index contributed by atoms with van der Waals surface area (Å²) in [6.45, 7) is 8.56. The van der Waals surface area contributed by atoms with E-state index < -0.39 is 11.6 Å². The number of cyclic esters (lactones) is 1. The smallest absolute Gasteiger partial charge is 0.343 e. The quantitative estimate of drug-likeness (QED) is 0.0747. The fourth-order valence-corrected chi connectivity index (χ4v) is 5.76. The molecule has 280 valence electrons. The first-order chi connectivity index (χ1) is 25.0. The standard InChI is InChI=1S/C36H48N2O13/c1-2-36(42)30-23-32-33-27(24-38(32)34(40)29(30)25-51-35(36)41)21-26-22-28(3-4-31(26)37-33)50-20-19-49-18-17-48-16-15-47-14-13-46-12-11-45-10-9-44-8-7-43-6-5-39/h3-4,21-23,39,42H,2,5-20,24-25H2,1H3/t36-/m0/s1.